The Hall–Kier alpha value is -2.25. The van der Waals surface area contributed by atoms with E-state index < -0.39 is 15.8 Å². The maximum absolute atomic E-state index is 13.9. The lowest BCUT2D eigenvalue weighted by atomic mass is 10.2. The molecule has 2 aromatic heterocycles. The molecule has 0 saturated carbocycles. The Balaban J connectivity index is 2.28. The lowest BCUT2D eigenvalue weighted by Crippen LogP contribution is -2.13. The molecule has 0 amide bonds. The maximum atomic E-state index is 13.9. The van der Waals surface area contributed by atoms with Crippen molar-refractivity contribution >= 4 is 21.1 Å². The molecule has 1 aromatic carbocycles. The first-order chi connectivity index (χ1) is 10.6. The van der Waals surface area contributed by atoms with Crippen molar-refractivity contribution in [1.82, 2.24) is 8.96 Å². The summed E-state index contributed by atoms with van der Waals surface area (Å²) in [6, 6.07) is 8.58. The van der Waals surface area contributed by atoms with Crippen molar-refractivity contribution in [3.63, 3.8) is 0 Å². The second kappa shape index (κ2) is 5.51. The second-order valence-corrected chi connectivity index (χ2v) is 6.58. The van der Waals surface area contributed by atoms with Gasteiger partial charge in [-0.3, -0.25) is 4.98 Å². The topological polar surface area (TPSA) is 78.0 Å². The molecule has 0 spiro atoms. The third-order valence-electron chi connectivity index (χ3n) is 3.39. The van der Waals surface area contributed by atoms with Crippen LogP contribution in [0.1, 0.15) is 5.56 Å². The number of aromatic nitrogens is 2. The molecule has 0 radical (unpaired) electrons. The summed E-state index contributed by atoms with van der Waals surface area (Å²) in [5, 5.41) is 0. The van der Waals surface area contributed by atoms with Gasteiger partial charge in [-0.2, -0.15) is 0 Å². The molecule has 3 rings (SSSR count). The van der Waals surface area contributed by atoms with E-state index in [1.54, 1.807) is 18.3 Å². The molecule has 0 aliphatic carbocycles. The van der Waals surface area contributed by atoms with Crippen molar-refractivity contribution in [2.45, 2.75) is 11.3 Å². The molecule has 5 nitrogen and oxygen atoms in total. The van der Waals surface area contributed by atoms with Gasteiger partial charge in [-0.15, -0.1) is 0 Å². The van der Waals surface area contributed by atoms with Gasteiger partial charge in [0, 0.05) is 12.4 Å². The molecule has 0 bridgehead atoms. The zero-order chi connectivity index (χ0) is 15.7. The summed E-state index contributed by atoms with van der Waals surface area (Å²) in [5.74, 6) is -0.784. The highest BCUT2D eigenvalue weighted by molar-refractivity contribution is 7.90. The first-order valence-corrected chi connectivity index (χ1v) is 8.15. The van der Waals surface area contributed by atoms with Crippen LogP contribution in [0.2, 0.25) is 0 Å². The van der Waals surface area contributed by atoms with Crippen molar-refractivity contribution in [2.24, 2.45) is 5.73 Å². The van der Waals surface area contributed by atoms with Crippen LogP contribution < -0.4 is 5.73 Å². The van der Waals surface area contributed by atoms with Gasteiger partial charge >= 0.3 is 0 Å². The average molecular weight is 319 g/mol. The molecule has 0 atom stereocenters. The van der Waals surface area contributed by atoms with Crippen LogP contribution in [-0.4, -0.2) is 23.9 Å². The van der Waals surface area contributed by atoms with Crippen molar-refractivity contribution in [1.29, 1.82) is 0 Å². The lowest BCUT2D eigenvalue weighted by Gasteiger charge is -2.07. The van der Waals surface area contributed by atoms with E-state index in [0.29, 0.717) is 24.0 Å². The maximum Gasteiger partial charge on any atom is 0.271 e. The number of hydrogen-bond acceptors (Lipinski definition) is 4. The lowest BCUT2D eigenvalue weighted by molar-refractivity contribution is 0.562. The zero-order valence-electron chi connectivity index (χ0n) is 11.6. The van der Waals surface area contributed by atoms with Gasteiger partial charge < -0.3 is 5.73 Å². The van der Waals surface area contributed by atoms with Crippen LogP contribution in [-0.2, 0) is 16.4 Å². The third-order valence-corrected chi connectivity index (χ3v) is 5.10. The number of nitrogens with zero attached hydrogens (tertiary/aromatic N) is 2. The van der Waals surface area contributed by atoms with E-state index in [2.05, 4.69) is 4.98 Å². The summed E-state index contributed by atoms with van der Waals surface area (Å²) in [4.78, 5) is 3.85. The fourth-order valence-corrected chi connectivity index (χ4v) is 3.84. The van der Waals surface area contributed by atoms with Crippen LogP contribution in [0.5, 0.6) is 0 Å². The van der Waals surface area contributed by atoms with Gasteiger partial charge in [-0.1, -0.05) is 12.1 Å². The summed E-state index contributed by atoms with van der Waals surface area (Å²) in [5.41, 5.74) is 7.25. The zero-order valence-corrected chi connectivity index (χ0v) is 12.4. The third kappa shape index (κ3) is 2.28. The Morgan fingerprint density at radius 1 is 1.18 bits per heavy atom. The highest BCUT2D eigenvalue weighted by atomic mass is 32.2. The van der Waals surface area contributed by atoms with E-state index in [1.807, 2.05) is 0 Å². The summed E-state index contributed by atoms with van der Waals surface area (Å²) >= 11 is 0. The van der Waals surface area contributed by atoms with Crippen LogP contribution in [0.15, 0.2) is 53.7 Å². The molecular formula is C15H14FN3O2S. The van der Waals surface area contributed by atoms with Crippen LogP contribution in [0, 0.1) is 5.82 Å². The van der Waals surface area contributed by atoms with E-state index in [0.717, 1.165) is 15.6 Å². The SMILES string of the molecule is NCCc1cn(S(=O)(=O)c2ccccc2F)c2cccnc12. The molecule has 0 aliphatic rings. The van der Waals surface area contributed by atoms with Gasteiger partial charge in [0.15, 0.2) is 0 Å². The van der Waals surface area contributed by atoms with Crippen LogP contribution in [0.25, 0.3) is 11.0 Å². The van der Waals surface area contributed by atoms with Crippen LogP contribution in [0.4, 0.5) is 4.39 Å². The van der Waals surface area contributed by atoms with E-state index >= 15 is 0 Å². The van der Waals surface area contributed by atoms with Crippen molar-refractivity contribution in [2.75, 3.05) is 6.54 Å². The number of nitrogens with two attached hydrogens (primary N) is 1. The summed E-state index contributed by atoms with van der Waals surface area (Å²) in [6.07, 6.45) is 3.54. The molecular weight excluding hydrogens is 305 g/mol. The molecule has 22 heavy (non-hydrogen) atoms. The smallest absolute Gasteiger partial charge is 0.271 e. The van der Waals surface area contributed by atoms with E-state index in [4.69, 9.17) is 5.73 Å². The number of hydrogen-bond donors (Lipinski definition) is 1. The Labute approximate surface area is 127 Å². The van der Waals surface area contributed by atoms with E-state index in [1.165, 1.54) is 24.4 Å². The first kappa shape index (κ1) is 14.7. The van der Waals surface area contributed by atoms with Gasteiger partial charge in [0.2, 0.25) is 0 Å². The molecule has 0 fully saturated rings. The van der Waals surface area contributed by atoms with Gasteiger partial charge in [0.05, 0.1) is 11.0 Å². The summed E-state index contributed by atoms with van der Waals surface area (Å²) < 4.78 is 40.5. The van der Waals surface area contributed by atoms with Gasteiger partial charge in [0.25, 0.3) is 10.0 Å². The monoisotopic (exact) mass is 319 g/mol. The minimum Gasteiger partial charge on any atom is -0.330 e. The number of pyridine rings is 1. The molecule has 0 unspecified atom stereocenters. The predicted octanol–water partition coefficient (Wildman–Crippen LogP) is 1.91. The molecule has 0 saturated heterocycles. The highest BCUT2D eigenvalue weighted by Gasteiger charge is 2.24. The molecule has 2 N–H and O–H groups in total. The van der Waals surface area contributed by atoms with E-state index in [9.17, 15) is 12.8 Å². The number of fused-ring (bicyclic) bond motifs is 1. The molecule has 3 aromatic rings. The highest BCUT2D eigenvalue weighted by Crippen LogP contribution is 2.25. The standard InChI is InChI=1S/C15H14FN3O2S/c16-12-4-1-2-6-14(12)22(20,21)19-10-11(7-8-17)15-13(19)5-3-9-18-15/h1-6,9-10H,7-8,17H2. The minimum atomic E-state index is -4.03. The number of halogens is 1. The Bertz CT molecular complexity index is 935. The average Bonchev–Trinajstić information content (AvgIpc) is 2.88. The molecule has 7 heteroatoms. The van der Waals surface area contributed by atoms with Gasteiger partial charge in [-0.25, -0.2) is 16.8 Å². The van der Waals surface area contributed by atoms with Crippen molar-refractivity contribution < 1.29 is 12.8 Å². The van der Waals surface area contributed by atoms with E-state index in [-0.39, 0.29) is 4.90 Å². The minimum absolute atomic E-state index is 0.366. The normalized spacial score (nSPS) is 11.9. The Morgan fingerprint density at radius 2 is 1.95 bits per heavy atom. The second-order valence-electron chi connectivity index (χ2n) is 4.80. The van der Waals surface area contributed by atoms with Gasteiger partial charge in [0.1, 0.15) is 10.7 Å². The Morgan fingerprint density at radius 3 is 2.68 bits per heavy atom. The number of benzene rings is 1. The fraction of sp³-hybridized carbons (Fsp3) is 0.133. The predicted molar refractivity (Wildman–Crippen MR) is 81.5 cm³/mol. The quantitative estimate of drug-likeness (QED) is 0.797. The largest absolute Gasteiger partial charge is 0.330 e. The molecule has 0 aliphatic heterocycles. The first-order valence-electron chi connectivity index (χ1n) is 6.71. The van der Waals surface area contributed by atoms with Crippen molar-refractivity contribution in [3.05, 3.63) is 60.2 Å². The van der Waals surface area contributed by atoms with Crippen LogP contribution >= 0.6 is 0 Å². The Kier molecular flexibility index (Phi) is 3.67. The van der Waals surface area contributed by atoms with Crippen molar-refractivity contribution in [3.8, 4) is 0 Å². The molecule has 2 heterocycles. The summed E-state index contributed by atoms with van der Waals surface area (Å²) in [7, 11) is -4.03. The van der Waals surface area contributed by atoms with Gasteiger partial charge in [-0.05, 0) is 42.8 Å². The van der Waals surface area contributed by atoms with Crippen LogP contribution in [0.3, 0.4) is 0 Å². The number of rotatable bonds is 4. The summed E-state index contributed by atoms with van der Waals surface area (Å²) in [6.45, 7) is 0.370. The molecule has 114 valence electrons. The fourth-order valence-electron chi connectivity index (χ4n) is 2.39.